The van der Waals surface area contributed by atoms with Crippen LogP contribution in [0, 0.1) is 50.2 Å². The molecule has 0 amide bonds. The Labute approximate surface area is 396 Å². The summed E-state index contributed by atoms with van der Waals surface area (Å²) in [7, 11) is 0. The minimum atomic E-state index is -1.92. The molecule has 0 aromatic carbocycles. The molecule has 0 aromatic heterocycles. The van der Waals surface area contributed by atoms with Crippen molar-refractivity contribution in [1.82, 2.24) is 0 Å². The number of ether oxygens (including phenoxy) is 6. The van der Waals surface area contributed by atoms with Crippen molar-refractivity contribution in [3.8, 4) is 0 Å². The SMILES string of the molecule is CC1(C)CC[C@]2(C(=O)O[C@@H]3O[C@H](CO[C@@H]4O[C@H](CO)[C@@H](O)[C@H](O)[C@H]4O[C@@H]4O[C@H](CO)[C@@H](O)[C@H](O)[C@H]4O)[C@@H](O)[C@H](O)[C@H]3O)CC[C@]3(C)C(=CC[C@@H]4[C@@]5(C)CC[C@H](O)[C@@](C)(C(=O)O)[C@@H]5CC[C@]43C)[C@@H]2C1. The van der Waals surface area contributed by atoms with Gasteiger partial charge in [-0.15, -0.1) is 0 Å². The first-order valence-corrected chi connectivity index (χ1v) is 24.5. The number of esters is 1. The Hall–Kier alpha value is -1.96. The average Bonchev–Trinajstić information content (AvgIpc) is 3.29. The fraction of sp³-hybridized carbons (Fsp3) is 0.917. The van der Waals surface area contributed by atoms with E-state index in [1.54, 1.807) is 6.92 Å². The van der Waals surface area contributed by atoms with Crippen molar-refractivity contribution in [1.29, 1.82) is 0 Å². The first-order valence-electron chi connectivity index (χ1n) is 24.5. The second-order valence-electron chi connectivity index (χ2n) is 23.3. The topological polar surface area (TPSA) is 332 Å². The molecule has 3 heterocycles. The summed E-state index contributed by atoms with van der Waals surface area (Å²) in [5, 5.41) is 128. The van der Waals surface area contributed by atoms with Gasteiger partial charge < -0.3 is 89.7 Å². The van der Waals surface area contributed by atoms with E-state index in [4.69, 9.17) is 28.4 Å². The predicted octanol–water partition coefficient (Wildman–Crippen LogP) is -0.795. The number of fused-ring (bicyclic) bond motifs is 7. The summed E-state index contributed by atoms with van der Waals surface area (Å²) in [6.45, 7) is 10.7. The Kier molecular flexibility index (Phi) is 14.3. The third-order valence-electron chi connectivity index (χ3n) is 19.4. The molecule has 0 spiro atoms. The van der Waals surface area contributed by atoms with Gasteiger partial charge in [-0.25, -0.2) is 0 Å². The number of allylic oxidation sites excluding steroid dienone is 2. The van der Waals surface area contributed by atoms with Gasteiger partial charge in [-0.3, -0.25) is 9.59 Å². The van der Waals surface area contributed by atoms with E-state index in [2.05, 4.69) is 40.7 Å². The quantitative estimate of drug-likeness (QED) is 0.0942. The highest BCUT2D eigenvalue weighted by atomic mass is 16.8. The molecule has 8 rings (SSSR count). The lowest BCUT2D eigenvalue weighted by Crippen LogP contribution is -2.66. The van der Waals surface area contributed by atoms with E-state index in [0.717, 1.165) is 6.42 Å². The molecule has 3 aliphatic heterocycles. The molecule has 68 heavy (non-hydrogen) atoms. The van der Waals surface area contributed by atoms with E-state index < -0.39 is 141 Å². The largest absolute Gasteiger partial charge is 0.481 e. The molecular formula is C48H76O20. The van der Waals surface area contributed by atoms with E-state index >= 15 is 4.79 Å². The van der Waals surface area contributed by atoms with Crippen LogP contribution in [-0.4, -0.2) is 191 Å². The number of aliphatic hydroxyl groups excluding tert-OH is 11. The monoisotopic (exact) mass is 972 g/mol. The molecule has 0 bridgehead atoms. The van der Waals surface area contributed by atoms with Gasteiger partial charge >= 0.3 is 11.9 Å². The maximum Gasteiger partial charge on any atom is 0.315 e. The van der Waals surface area contributed by atoms with E-state index in [1.807, 2.05) is 0 Å². The Morgan fingerprint density at radius 2 is 1.22 bits per heavy atom. The standard InChI is InChI=1S/C48H76O20/c1-43(2)13-15-48(16-14-45(4)21(22(48)17-43)7-8-26-44(3)11-10-28(51)47(6,41(60)61)27(44)9-12-46(26,45)5)42(62)68-39-36(59)33(56)31(54)25(66-39)20-63-40-37(34(57)30(53)24(19-50)65-40)67-38-35(58)32(55)29(52)23(18-49)64-38/h7,22-40,49-59H,8-20H2,1-6H3,(H,60,61)/t22-,23+,24+,25+,26+,27+,28-,29+,30+,31+,32-,33-,34-,35+,36+,37+,38-,39-,40+,44+,45+,46+,47-,48-/m0/s1. The third-order valence-corrected chi connectivity index (χ3v) is 19.4. The van der Waals surface area contributed by atoms with Gasteiger partial charge in [0.25, 0.3) is 0 Å². The molecule has 24 atom stereocenters. The van der Waals surface area contributed by atoms with Gasteiger partial charge in [-0.2, -0.15) is 0 Å². The van der Waals surface area contributed by atoms with Crippen LogP contribution in [0.25, 0.3) is 0 Å². The van der Waals surface area contributed by atoms with Crippen molar-refractivity contribution >= 4 is 11.9 Å². The third kappa shape index (κ3) is 8.03. The molecule has 0 aromatic rings. The van der Waals surface area contributed by atoms with Crippen molar-refractivity contribution in [3.63, 3.8) is 0 Å². The zero-order valence-electron chi connectivity index (χ0n) is 39.9. The minimum absolute atomic E-state index is 0.124. The smallest absolute Gasteiger partial charge is 0.315 e. The van der Waals surface area contributed by atoms with Gasteiger partial charge in [0, 0.05) is 0 Å². The maximum atomic E-state index is 15.0. The number of hydrogen-bond donors (Lipinski definition) is 12. The number of carboxylic acid groups (broad SMARTS) is 1. The lowest BCUT2D eigenvalue weighted by molar-refractivity contribution is -0.372. The number of hydrogen-bond acceptors (Lipinski definition) is 19. The second kappa shape index (κ2) is 18.5. The van der Waals surface area contributed by atoms with Crippen LogP contribution < -0.4 is 0 Å². The van der Waals surface area contributed by atoms with Gasteiger partial charge in [0.15, 0.2) is 12.6 Å². The summed E-state index contributed by atoms with van der Waals surface area (Å²) in [4.78, 5) is 27.9. The van der Waals surface area contributed by atoms with E-state index in [9.17, 15) is 66.1 Å². The van der Waals surface area contributed by atoms with E-state index in [0.29, 0.717) is 57.8 Å². The van der Waals surface area contributed by atoms with Crippen LogP contribution >= 0.6 is 0 Å². The number of carbonyl (C=O) groups is 2. The Balaban J connectivity index is 1.02. The molecule has 4 saturated carbocycles. The van der Waals surface area contributed by atoms with Crippen molar-refractivity contribution in [2.45, 2.75) is 204 Å². The van der Waals surface area contributed by atoms with E-state index in [-0.39, 0.29) is 39.4 Å². The maximum absolute atomic E-state index is 15.0. The van der Waals surface area contributed by atoms with Crippen molar-refractivity contribution in [2.24, 2.45) is 50.2 Å². The molecule has 388 valence electrons. The average molecular weight is 973 g/mol. The number of carboxylic acids is 1. The number of aliphatic carboxylic acids is 1. The first-order chi connectivity index (χ1) is 31.8. The Morgan fingerprint density at radius 3 is 1.85 bits per heavy atom. The van der Waals surface area contributed by atoms with Crippen LogP contribution in [-0.2, 0) is 38.0 Å². The molecule has 12 N–H and O–H groups in total. The van der Waals surface area contributed by atoms with Crippen LogP contribution in [0.4, 0.5) is 0 Å². The second-order valence-corrected chi connectivity index (χ2v) is 23.3. The first kappa shape index (κ1) is 52.4. The summed E-state index contributed by atoms with van der Waals surface area (Å²) in [6, 6.07) is 0. The van der Waals surface area contributed by atoms with Crippen LogP contribution in [0.2, 0.25) is 0 Å². The summed E-state index contributed by atoms with van der Waals surface area (Å²) in [6.07, 6.45) is -18.7. The normalized spacial score (nSPS) is 53.4. The molecule has 0 radical (unpaired) electrons. The highest BCUT2D eigenvalue weighted by molar-refractivity contribution is 5.79. The van der Waals surface area contributed by atoms with Crippen LogP contribution in [0.1, 0.15) is 106 Å². The summed E-state index contributed by atoms with van der Waals surface area (Å²) in [5.41, 5.74) is -2.26. The fourth-order valence-electron chi connectivity index (χ4n) is 14.8. The van der Waals surface area contributed by atoms with E-state index in [1.165, 1.54) is 5.57 Å². The van der Waals surface area contributed by atoms with Crippen molar-refractivity contribution in [3.05, 3.63) is 11.6 Å². The lowest BCUT2D eigenvalue weighted by Gasteiger charge is -2.71. The zero-order valence-corrected chi connectivity index (χ0v) is 39.9. The summed E-state index contributed by atoms with van der Waals surface area (Å²) in [5.74, 6) is -1.95. The minimum Gasteiger partial charge on any atom is -0.481 e. The molecule has 5 aliphatic carbocycles. The van der Waals surface area contributed by atoms with Gasteiger partial charge in [-0.1, -0.05) is 46.3 Å². The van der Waals surface area contributed by atoms with Gasteiger partial charge in [0.1, 0.15) is 73.2 Å². The summed E-state index contributed by atoms with van der Waals surface area (Å²) >= 11 is 0. The number of rotatable bonds is 10. The van der Waals surface area contributed by atoms with Crippen LogP contribution in [0.15, 0.2) is 11.6 Å². The fourth-order valence-corrected chi connectivity index (χ4v) is 14.8. The summed E-state index contributed by atoms with van der Waals surface area (Å²) < 4.78 is 34.9. The molecule has 0 unspecified atom stereocenters. The molecule has 20 heteroatoms. The Bertz CT molecular complexity index is 1900. The zero-order chi connectivity index (χ0) is 49.8. The molecule has 7 fully saturated rings. The van der Waals surface area contributed by atoms with Gasteiger partial charge in [-0.05, 0) is 111 Å². The van der Waals surface area contributed by atoms with Crippen molar-refractivity contribution in [2.75, 3.05) is 19.8 Å². The van der Waals surface area contributed by atoms with Gasteiger partial charge in [0.05, 0.1) is 36.8 Å². The molecular weight excluding hydrogens is 897 g/mol. The lowest BCUT2D eigenvalue weighted by atomic mass is 9.33. The molecule has 3 saturated heterocycles. The number of aliphatic hydroxyl groups is 11. The Morgan fingerprint density at radius 1 is 0.647 bits per heavy atom. The predicted molar refractivity (Wildman–Crippen MR) is 232 cm³/mol. The highest BCUT2D eigenvalue weighted by Crippen LogP contribution is 2.76. The molecule has 20 nitrogen and oxygen atoms in total. The van der Waals surface area contributed by atoms with Crippen molar-refractivity contribution < 1.29 is 99.3 Å². The van der Waals surface area contributed by atoms with Gasteiger partial charge in [0.2, 0.25) is 6.29 Å². The van der Waals surface area contributed by atoms with Crippen LogP contribution in [0.5, 0.6) is 0 Å². The highest BCUT2D eigenvalue weighted by Gasteiger charge is 2.71. The molecule has 8 aliphatic rings. The number of carbonyl (C=O) groups excluding carboxylic acids is 1. The van der Waals surface area contributed by atoms with Crippen LogP contribution in [0.3, 0.4) is 0 Å².